The van der Waals surface area contributed by atoms with Crippen LogP contribution in [0.2, 0.25) is 0 Å². The number of ether oxygens (including phenoxy) is 1. The van der Waals surface area contributed by atoms with Crippen molar-refractivity contribution in [2.45, 2.75) is 26.4 Å². The number of esters is 1. The lowest BCUT2D eigenvalue weighted by Crippen LogP contribution is -2.09. The van der Waals surface area contributed by atoms with Gasteiger partial charge in [-0.2, -0.15) is 0 Å². The molecule has 0 radical (unpaired) electrons. The van der Waals surface area contributed by atoms with Crippen LogP contribution in [-0.4, -0.2) is 28.8 Å². The Morgan fingerprint density at radius 3 is 2.61 bits per heavy atom. The van der Waals surface area contributed by atoms with Gasteiger partial charge in [0.05, 0.1) is 18.8 Å². The highest BCUT2D eigenvalue weighted by Gasteiger charge is 2.13. The van der Waals surface area contributed by atoms with Crippen molar-refractivity contribution in [3.05, 3.63) is 34.9 Å². The minimum Gasteiger partial charge on any atom is -0.481 e. The van der Waals surface area contributed by atoms with Crippen LogP contribution in [0.5, 0.6) is 0 Å². The number of aliphatic carboxylic acids is 1. The Morgan fingerprint density at radius 1 is 1.33 bits per heavy atom. The molecule has 0 aromatic heterocycles. The molecule has 0 heterocycles. The smallest absolute Gasteiger partial charge is 0.338 e. The monoisotopic (exact) mass is 252 g/mol. The highest BCUT2D eigenvalue weighted by Crippen LogP contribution is 2.15. The highest BCUT2D eigenvalue weighted by atomic mass is 16.5. The number of carboxylic acids is 1. The molecule has 0 fully saturated rings. The molecule has 0 aliphatic carbocycles. The Kier molecular flexibility index (Phi) is 5.32. The third kappa shape index (κ3) is 3.85. The fourth-order valence-electron chi connectivity index (χ4n) is 1.57. The summed E-state index contributed by atoms with van der Waals surface area (Å²) in [7, 11) is 0. The predicted octanol–water partition coefficient (Wildman–Crippen LogP) is 1.37. The standard InChI is InChI=1S/C13H16O5/c1-2-18-13(17)11-7-9(4-6-12(15)16)3-5-10(11)8-14/h3,5,7,14H,2,4,6,8H2,1H3,(H,15,16). The molecule has 5 nitrogen and oxygen atoms in total. The molecule has 0 bridgehead atoms. The van der Waals surface area contributed by atoms with Crippen LogP contribution >= 0.6 is 0 Å². The molecule has 0 saturated carbocycles. The number of hydrogen-bond donors (Lipinski definition) is 2. The van der Waals surface area contributed by atoms with Gasteiger partial charge in [-0.3, -0.25) is 4.79 Å². The SMILES string of the molecule is CCOC(=O)c1cc(CCC(=O)O)ccc1CO. The van der Waals surface area contributed by atoms with Gasteiger partial charge < -0.3 is 14.9 Å². The molecule has 0 saturated heterocycles. The second-order valence-corrected chi connectivity index (χ2v) is 3.76. The molecule has 1 rings (SSSR count). The first kappa shape index (κ1) is 14.2. The van der Waals surface area contributed by atoms with E-state index in [-0.39, 0.29) is 19.6 Å². The Balaban J connectivity index is 2.94. The van der Waals surface area contributed by atoms with Crippen molar-refractivity contribution in [3.8, 4) is 0 Å². The van der Waals surface area contributed by atoms with E-state index in [2.05, 4.69) is 0 Å². The highest BCUT2D eigenvalue weighted by molar-refractivity contribution is 5.91. The maximum Gasteiger partial charge on any atom is 0.338 e. The number of carboxylic acid groups (broad SMARTS) is 1. The summed E-state index contributed by atoms with van der Waals surface area (Å²) in [6.45, 7) is 1.70. The molecule has 18 heavy (non-hydrogen) atoms. The van der Waals surface area contributed by atoms with Crippen LogP contribution in [0.1, 0.15) is 34.8 Å². The minimum absolute atomic E-state index is 0.000731. The van der Waals surface area contributed by atoms with Crippen molar-refractivity contribution in [1.29, 1.82) is 0 Å². The van der Waals surface area contributed by atoms with E-state index in [0.29, 0.717) is 17.5 Å². The molecule has 1 aromatic carbocycles. The van der Waals surface area contributed by atoms with Gasteiger partial charge in [0.1, 0.15) is 0 Å². The maximum absolute atomic E-state index is 11.7. The van der Waals surface area contributed by atoms with Crippen LogP contribution in [0.3, 0.4) is 0 Å². The van der Waals surface area contributed by atoms with Crippen LogP contribution in [0.4, 0.5) is 0 Å². The van der Waals surface area contributed by atoms with Crippen molar-refractivity contribution in [3.63, 3.8) is 0 Å². The van der Waals surface area contributed by atoms with Gasteiger partial charge >= 0.3 is 11.9 Å². The molecule has 0 unspecified atom stereocenters. The van der Waals surface area contributed by atoms with E-state index in [0.717, 1.165) is 5.56 Å². The van der Waals surface area contributed by atoms with Gasteiger partial charge in [-0.25, -0.2) is 4.79 Å². The lowest BCUT2D eigenvalue weighted by molar-refractivity contribution is -0.136. The fourth-order valence-corrected chi connectivity index (χ4v) is 1.57. The van der Waals surface area contributed by atoms with E-state index in [4.69, 9.17) is 14.9 Å². The molecule has 0 aliphatic heterocycles. The molecule has 0 aliphatic rings. The van der Waals surface area contributed by atoms with Gasteiger partial charge in [0.15, 0.2) is 0 Å². The number of benzene rings is 1. The van der Waals surface area contributed by atoms with Crippen molar-refractivity contribution in [2.24, 2.45) is 0 Å². The summed E-state index contributed by atoms with van der Waals surface area (Å²) in [5.74, 6) is -1.39. The zero-order valence-corrected chi connectivity index (χ0v) is 10.2. The Hall–Kier alpha value is -1.88. The van der Waals surface area contributed by atoms with Crippen LogP contribution < -0.4 is 0 Å². The predicted molar refractivity (Wildman–Crippen MR) is 64.3 cm³/mol. The summed E-state index contributed by atoms with van der Waals surface area (Å²) < 4.78 is 4.88. The van der Waals surface area contributed by atoms with Crippen molar-refractivity contribution in [1.82, 2.24) is 0 Å². The molecular weight excluding hydrogens is 236 g/mol. The summed E-state index contributed by atoms with van der Waals surface area (Å²) in [6.07, 6.45) is 0.341. The average molecular weight is 252 g/mol. The number of aliphatic hydroxyl groups is 1. The quantitative estimate of drug-likeness (QED) is 0.747. The van der Waals surface area contributed by atoms with Crippen molar-refractivity contribution < 1.29 is 24.5 Å². The Bertz CT molecular complexity index is 439. The number of aryl methyl sites for hydroxylation is 1. The van der Waals surface area contributed by atoms with Gasteiger partial charge in [-0.05, 0) is 30.5 Å². The molecule has 5 heteroatoms. The molecule has 0 amide bonds. The van der Waals surface area contributed by atoms with Gasteiger partial charge in [0, 0.05) is 6.42 Å². The number of rotatable bonds is 6. The van der Waals surface area contributed by atoms with Gasteiger partial charge in [-0.15, -0.1) is 0 Å². The van der Waals surface area contributed by atoms with Crippen molar-refractivity contribution in [2.75, 3.05) is 6.61 Å². The normalized spacial score (nSPS) is 10.1. The Morgan fingerprint density at radius 2 is 2.06 bits per heavy atom. The van der Waals surface area contributed by atoms with E-state index < -0.39 is 11.9 Å². The molecule has 2 N–H and O–H groups in total. The first-order valence-electron chi connectivity index (χ1n) is 5.70. The molecule has 1 aromatic rings. The summed E-state index contributed by atoms with van der Waals surface area (Å²) in [6, 6.07) is 4.90. The van der Waals surface area contributed by atoms with E-state index in [1.54, 1.807) is 25.1 Å². The van der Waals surface area contributed by atoms with Crippen LogP contribution in [0, 0.1) is 0 Å². The van der Waals surface area contributed by atoms with E-state index in [1.165, 1.54) is 0 Å². The topological polar surface area (TPSA) is 83.8 Å². The van der Waals surface area contributed by atoms with E-state index >= 15 is 0 Å². The second-order valence-electron chi connectivity index (χ2n) is 3.76. The third-order valence-corrected chi connectivity index (χ3v) is 2.47. The maximum atomic E-state index is 11.7. The summed E-state index contributed by atoms with van der Waals surface area (Å²) in [4.78, 5) is 22.2. The fraction of sp³-hybridized carbons (Fsp3) is 0.385. The summed E-state index contributed by atoms with van der Waals surface area (Å²) >= 11 is 0. The van der Waals surface area contributed by atoms with Gasteiger partial charge in [0.2, 0.25) is 0 Å². The molecule has 98 valence electrons. The van der Waals surface area contributed by atoms with E-state index in [1.807, 2.05) is 0 Å². The van der Waals surface area contributed by atoms with Gasteiger partial charge in [0.25, 0.3) is 0 Å². The number of hydrogen-bond acceptors (Lipinski definition) is 4. The zero-order chi connectivity index (χ0) is 13.5. The van der Waals surface area contributed by atoms with Crippen LogP contribution in [0.15, 0.2) is 18.2 Å². The summed E-state index contributed by atoms with van der Waals surface area (Å²) in [5, 5.41) is 17.7. The lowest BCUT2D eigenvalue weighted by atomic mass is 10.0. The number of carbonyl (C=O) groups excluding carboxylic acids is 1. The first-order chi connectivity index (χ1) is 8.58. The number of carbonyl (C=O) groups is 2. The molecular formula is C13H16O5. The summed E-state index contributed by atoms with van der Waals surface area (Å²) in [5.41, 5.74) is 1.51. The Labute approximate surface area is 105 Å². The lowest BCUT2D eigenvalue weighted by Gasteiger charge is -2.09. The van der Waals surface area contributed by atoms with Gasteiger partial charge in [-0.1, -0.05) is 12.1 Å². The van der Waals surface area contributed by atoms with Crippen molar-refractivity contribution >= 4 is 11.9 Å². The number of aliphatic hydroxyl groups excluding tert-OH is 1. The average Bonchev–Trinajstić information content (AvgIpc) is 2.36. The second kappa shape index (κ2) is 6.76. The zero-order valence-electron chi connectivity index (χ0n) is 10.2. The van der Waals surface area contributed by atoms with E-state index in [9.17, 15) is 9.59 Å². The molecule has 0 atom stereocenters. The van der Waals surface area contributed by atoms with Crippen LogP contribution in [0.25, 0.3) is 0 Å². The van der Waals surface area contributed by atoms with Crippen LogP contribution in [-0.2, 0) is 22.6 Å². The molecule has 0 spiro atoms. The minimum atomic E-state index is -0.890. The largest absolute Gasteiger partial charge is 0.481 e. The third-order valence-electron chi connectivity index (χ3n) is 2.47. The first-order valence-corrected chi connectivity index (χ1v) is 5.70.